The molecule has 1 saturated heterocycles. The molecule has 1 aliphatic rings. The summed E-state index contributed by atoms with van der Waals surface area (Å²) in [7, 11) is 0. The molecule has 0 aromatic heterocycles. The van der Waals surface area contributed by atoms with E-state index < -0.39 is 0 Å². The van der Waals surface area contributed by atoms with Gasteiger partial charge in [0, 0.05) is 21.6 Å². The first-order chi connectivity index (χ1) is 14.5. The van der Waals surface area contributed by atoms with E-state index in [1.165, 1.54) is 0 Å². The summed E-state index contributed by atoms with van der Waals surface area (Å²) in [4.78, 5) is 26.9. The molecule has 4 nitrogen and oxygen atoms in total. The number of anilines is 1. The highest BCUT2D eigenvalue weighted by Gasteiger charge is 2.32. The maximum absolute atomic E-state index is 12.6. The van der Waals surface area contributed by atoms with E-state index in [0.29, 0.717) is 22.9 Å². The summed E-state index contributed by atoms with van der Waals surface area (Å²) < 4.78 is 0.827. The van der Waals surface area contributed by atoms with Gasteiger partial charge in [-0.1, -0.05) is 48.0 Å². The number of nitrogens with one attached hydrogen (secondary N) is 1. The topological polar surface area (TPSA) is 49.4 Å². The Hall–Kier alpha value is -2.28. The maximum atomic E-state index is 12.6. The van der Waals surface area contributed by atoms with Crippen LogP contribution < -0.4 is 5.32 Å². The monoisotopic (exact) mass is 500 g/mol. The van der Waals surface area contributed by atoms with Crippen molar-refractivity contribution < 1.29 is 9.59 Å². The first kappa shape index (κ1) is 21.0. The summed E-state index contributed by atoms with van der Waals surface area (Å²) in [6.45, 7) is 0.526. The van der Waals surface area contributed by atoms with Gasteiger partial charge in [-0.2, -0.15) is 0 Å². The number of amides is 2. The predicted octanol–water partition coefficient (Wildman–Crippen LogP) is 6.13. The third kappa shape index (κ3) is 4.72. The summed E-state index contributed by atoms with van der Waals surface area (Å²) in [6, 6.07) is 22.4. The number of nitrogens with zero attached hydrogens (tertiary/aromatic N) is 1. The van der Waals surface area contributed by atoms with Gasteiger partial charge in [0.15, 0.2) is 0 Å². The molecular formula is C23H18BrClN2O2S. The Labute approximate surface area is 192 Å². The van der Waals surface area contributed by atoms with Gasteiger partial charge in [0.05, 0.1) is 11.4 Å². The van der Waals surface area contributed by atoms with Gasteiger partial charge in [-0.15, -0.1) is 11.8 Å². The minimum Gasteiger partial charge on any atom is -0.322 e. The summed E-state index contributed by atoms with van der Waals surface area (Å²) in [5.74, 6) is 0.375. The fourth-order valence-corrected chi connectivity index (χ4v) is 4.94. The van der Waals surface area contributed by atoms with E-state index in [1.54, 1.807) is 23.9 Å². The molecule has 1 N–H and O–H groups in total. The van der Waals surface area contributed by atoms with Crippen LogP contribution in [0.15, 0.2) is 77.3 Å². The molecule has 1 atom stereocenters. The Morgan fingerprint density at radius 3 is 2.47 bits per heavy atom. The van der Waals surface area contributed by atoms with E-state index in [1.807, 2.05) is 65.6 Å². The zero-order chi connectivity index (χ0) is 21.1. The number of rotatable bonds is 5. The number of para-hydroxylation sites is 1. The average Bonchev–Trinajstić information content (AvgIpc) is 3.11. The van der Waals surface area contributed by atoms with Crippen molar-refractivity contribution in [1.29, 1.82) is 0 Å². The van der Waals surface area contributed by atoms with Crippen LogP contribution in [-0.4, -0.2) is 22.5 Å². The SMILES string of the molecule is O=C(Nc1ccccc1Br)c1ccc([C@@H]2SCC(=O)N2Cc2ccc(Cl)cc2)cc1. The van der Waals surface area contributed by atoms with Crippen LogP contribution in [0.2, 0.25) is 5.02 Å². The van der Waals surface area contributed by atoms with E-state index in [4.69, 9.17) is 11.6 Å². The second-order valence-corrected chi connectivity index (χ2v) is 9.23. The Bertz CT molecular complexity index is 1070. The molecule has 4 rings (SSSR count). The summed E-state index contributed by atoms with van der Waals surface area (Å²) in [6.07, 6.45) is 0. The number of halogens is 2. The fraction of sp³-hybridized carbons (Fsp3) is 0.130. The highest BCUT2D eigenvalue weighted by atomic mass is 79.9. The van der Waals surface area contributed by atoms with E-state index >= 15 is 0 Å². The second kappa shape index (κ2) is 9.25. The molecule has 1 heterocycles. The number of carbonyl (C=O) groups excluding carboxylic acids is 2. The predicted molar refractivity (Wildman–Crippen MR) is 126 cm³/mol. The first-order valence-corrected chi connectivity index (χ1v) is 11.5. The normalized spacial score (nSPS) is 16.0. The van der Waals surface area contributed by atoms with Gasteiger partial charge in [-0.25, -0.2) is 0 Å². The van der Waals surface area contributed by atoms with Crippen LogP contribution in [0.1, 0.15) is 26.9 Å². The van der Waals surface area contributed by atoms with Crippen molar-refractivity contribution in [3.63, 3.8) is 0 Å². The number of benzene rings is 3. The molecule has 30 heavy (non-hydrogen) atoms. The molecule has 0 aliphatic carbocycles. The second-order valence-electron chi connectivity index (χ2n) is 6.87. The third-order valence-corrected chi connectivity index (χ3v) is 7.01. The highest BCUT2D eigenvalue weighted by molar-refractivity contribution is 9.10. The minimum absolute atomic E-state index is 0.0754. The van der Waals surface area contributed by atoms with Crippen LogP contribution in [0.5, 0.6) is 0 Å². The van der Waals surface area contributed by atoms with Crippen LogP contribution in [0.4, 0.5) is 5.69 Å². The van der Waals surface area contributed by atoms with Crippen molar-refractivity contribution in [2.24, 2.45) is 0 Å². The molecule has 1 fully saturated rings. The molecule has 3 aromatic rings. The number of hydrogen-bond donors (Lipinski definition) is 1. The van der Waals surface area contributed by atoms with Gasteiger partial charge in [0.2, 0.25) is 5.91 Å². The van der Waals surface area contributed by atoms with Crippen molar-refractivity contribution in [1.82, 2.24) is 4.90 Å². The first-order valence-electron chi connectivity index (χ1n) is 9.32. The largest absolute Gasteiger partial charge is 0.322 e. The molecule has 7 heteroatoms. The molecular weight excluding hydrogens is 484 g/mol. The number of hydrogen-bond acceptors (Lipinski definition) is 3. The van der Waals surface area contributed by atoms with Crippen LogP contribution in [0, 0.1) is 0 Å². The van der Waals surface area contributed by atoms with E-state index in [-0.39, 0.29) is 17.2 Å². The van der Waals surface area contributed by atoms with Crippen LogP contribution >= 0.6 is 39.3 Å². The van der Waals surface area contributed by atoms with E-state index in [0.717, 1.165) is 21.3 Å². The van der Waals surface area contributed by atoms with Crippen LogP contribution in [-0.2, 0) is 11.3 Å². The van der Waals surface area contributed by atoms with Crippen LogP contribution in [0.25, 0.3) is 0 Å². The smallest absolute Gasteiger partial charge is 0.255 e. The summed E-state index contributed by atoms with van der Waals surface area (Å²) >= 11 is 11.0. The van der Waals surface area contributed by atoms with E-state index in [9.17, 15) is 9.59 Å². The minimum atomic E-state index is -0.179. The molecule has 0 unspecified atom stereocenters. The zero-order valence-electron chi connectivity index (χ0n) is 15.8. The molecule has 0 radical (unpaired) electrons. The molecule has 2 amide bonds. The summed E-state index contributed by atoms with van der Waals surface area (Å²) in [5.41, 5.74) is 3.31. The molecule has 3 aromatic carbocycles. The lowest BCUT2D eigenvalue weighted by Gasteiger charge is -2.24. The van der Waals surface area contributed by atoms with Gasteiger partial charge < -0.3 is 10.2 Å². The molecule has 1 aliphatic heterocycles. The lowest BCUT2D eigenvalue weighted by molar-refractivity contribution is -0.128. The Balaban J connectivity index is 1.48. The van der Waals surface area contributed by atoms with Gasteiger partial charge in [-0.3, -0.25) is 9.59 Å². The average molecular weight is 502 g/mol. The molecule has 152 valence electrons. The molecule has 0 bridgehead atoms. The van der Waals surface area contributed by atoms with E-state index in [2.05, 4.69) is 21.2 Å². The standard InChI is InChI=1S/C23H18BrClN2O2S/c24-19-3-1-2-4-20(19)26-22(29)16-7-9-17(10-8-16)23-27(21(28)14-30-23)13-15-5-11-18(25)12-6-15/h1-12,23H,13-14H2,(H,26,29)/t23-/m0/s1. The summed E-state index contributed by atoms with van der Waals surface area (Å²) in [5, 5.41) is 3.50. The highest BCUT2D eigenvalue weighted by Crippen LogP contribution is 2.39. The van der Waals surface area contributed by atoms with Gasteiger partial charge in [0.25, 0.3) is 5.91 Å². The Morgan fingerprint density at radius 1 is 1.07 bits per heavy atom. The van der Waals surface area contributed by atoms with Gasteiger partial charge in [0.1, 0.15) is 5.37 Å². The lowest BCUT2D eigenvalue weighted by Crippen LogP contribution is -2.27. The third-order valence-electron chi connectivity index (χ3n) is 4.81. The molecule has 0 spiro atoms. The van der Waals surface area contributed by atoms with Gasteiger partial charge in [-0.05, 0) is 63.5 Å². The lowest BCUT2D eigenvalue weighted by atomic mass is 10.1. The van der Waals surface area contributed by atoms with Crippen molar-refractivity contribution in [3.8, 4) is 0 Å². The van der Waals surface area contributed by atoms with Crippen LogP contribution in [0.3, 0.4) is 0 Å². The van der Waals surface area contributed by atoms with Crippen molar-refractivity contribution in [3.05, 3.63) is 99.0 Å². The Kier molecular flexibility index (Phi) is 6.46. The van der Waals surface area contributed by atoms with Gasteiger partial charge >= 0.3 is 0 Å². The quantitative estimate of drug-likeness (QED) is 0.457. The Morgan fingerprint density at radius 2 is 1.77 bits per heavy atom. The fourth-order valence-electron chi connectivity index (χ4n) is 3.24. The number of thioether (sulfide) groups is 1. The van der Waals surface area contributed by atoms with Crippen molar-refractivity contribution in [2.45, 2.75) is 11.9 Å². The number of carbonyl (C=O) groups is 2. The van der Waals surface area contributed by atoms with Crippen molar-refractivity contribution >= 4 is 56.8 Å². The molecule has 0 saturated carbocycles. The maximum Gasteiger partial charge on any atom is 0.255 e. The zero-order valence-corrected chi connectivity index (χ0v) is 19.0. The van der Waals surface area contributed by atoms with Crippen molar-refractivity contribution in [2.75, 3.05) is 11.1 Å².